The number of fused-ring (bicyclic) bond motifs is 2. The van der Waals surface area contributed by atoms with Crippen molar-refractivity contribution >= 4 is 52.9 Å². The van der Waals surface area contributed by atoms with Crippen LogP contribution in [0.3, 0.4) is 0 Å². The molecular formula is C28H33Cl2N3O5. The number of carbonyl (C=O) groups excluding carboxylic acids is 2. The Bertz CT molecular complexity index is 1250. The smallest absolute Gasteiger partial charge is 0.257 e. The highest BCUT2D eigenvalue weighted by Gasteiger charge is 2.28. The third-order valence-electron chi connectivity index (χ3n) is 6.11. The van der Waals surface area contributed by atoms with Crippen LogP contribution in [-0.2, 0) is 11.3 Å². The maximum atomic E-state index is 13.4. The molecular weight excluding hydrogens is 529 g/mol. The Labute approximate surface area is 234 Å². The van der Waals surface area contributed by atoms with E-state index >= 15 is 0 Å². The van der Waals surface area contributed by atoms with Gasteiger partial charge in [0.15, 0.2) is 11.5 Å². The van der Waals surface area contributed by atoms with Gasteiger partial charge in [0.25, 0.3) is 5.91 Å². The minimum absolute atomic E-state index is 0. The fourth-order valence-corrected chi connectivity index (χ4v) is 4.46. The highest BCUT2D eigenvalue weighted by Crippen LogP contribution is 2.39. The summed E-state index contributed by atoms with van der Waals surface area (Å²) in [5.74, 6) is 1.11. The van der Waals surface area contributed by atoms with Gasteiger partial charge in [0.05, 0.1) is 36.8 Å². The zero-order valence-corrected chi connectivity index (χ0v) is 23.0. The van der Waals surface area contributed by atoms with E-state index < -0.39 is 0 Å². The second-order valence-electron chi connectivity index (χ2n) is 8.54. The number of unbranched alkanes of at least 4 members (excludes halogenated alkanes) is 2. The van der Waals surface area contributed by atoms with E-state index in [1.54, 1.807) is 55.5 Å². The number of ether oxygens (including phenoxy) is 2. The molecule has 1 aliphatic rings. The van der Waals surface area contributed by atoms with E-state index in [4.69, 9.17) is 21.1 Å². The number of carbonyl (C=O) groups is 2. The van der Waals surface area contributed by atoms with Gasteiger partial charge in [0.2, 0.25) is 5.91 Å². The molecule has 0 saturated carbocycles. The predicted octanol–water partition coefficient (Wildman–Crippen LogP) is 5.53. The topological polar surface area (TPSA) is 111 Å². The van der Waals surface area contributed by atoms with Gasteiger partial charge in [0.1, 0.15) is 0 Å². The fraction of sp³-hybridized carbons (Fsp3) is 0.286. The van der Waals surface area contributed by atoms with Gasteiger partial charge in [-0.1, -0.05) is 36.2 Å². The van der Waals surface area contributed by atoms with Crippen LogP contribution in [-0.4, -0.2) is 38.1 Å². The second kappa shape index (κ2) is 14.6. The van der Waals surface area contributed by atoms with E-state index in [2.05, 4.69) is 10.6 Å². The zero-order valence-electron chi connectivity index (χ0n) is 21.4. The number of para-hydroxylation sites is 1. The van der Waals surface area contributed by atoms with Crippen molar-refractivity contribution < 1.29 is 24.5 Å². The molecule has 2 amide bonds. The van der Waals surface area contributed by atoms with Crippen LogP contribution in [0.2, 0.25) is 5.02 Å². The number of amides is 2. The van der Waals surface area contributed by atoms with Crippen LogP contribution in [0.25, 0.3) is 0 Å². The molecule has 0 unspecified atom stereocenters. The SMILES string of the molecule is COc1ccc(CNCCCCCC(=O)N2c3ccc(Cl)cc3NC(=O)c3ccccc32)cc1OC.Cl.O. The van der Waals surface area contributed by atoms with E-state index in [0.717, 1.165) is 37.9 Å². The molecule has 0 atom stereocenters. The van der Waals surface area contributed by atoms with Crippen LogP contribution in [0.4, 0.5) is 17.1 Å². The first-order valence-corrected chi connectivity index (χ1v) is 12.3. The lowest BCUT2D eigenvalue weighted by Crippen LogP contribution is -2.26. The molecule has 1 aliphatic heterocycles. The number of anilines is 3. The minimum Gasteiger partial charge on any atom is -0.493 e. The molecule has 0 saturated heterocycles. The predicted molar refractivity (Wildman–Crippen MR) is 154 cm³/mol. The van der Waals surface area contributed by atoms with E-state index in [1.807, 2.05) is 24.3 Å². The molecule has 204 valence electrons. The molecule has 8 nitrogen and oxygen atoms in total. The molecule has 0 spiro atoms. The lowest BCUT2D eigenvalue weighted by Gasteiger charge is -2.24. The van der Waals surface area contributed by atoms with Crippen LogP contribution >= 0.6 is 24.0 Å². The molecule has 4 rings (SSSR count). The summed E-state index contributed by atoms with van der Waals surface area (Å²) in [6.45, 7) is 1.57. The van der Waals surface area contributed by atoms with E-state index in [9.17, 15) is 9.59 Å². The summed E-state index contributed by atoms with van der Waals surface area (Å²) in [7, 11) is 3.25. The fourth-order valence-electron chi connectivity index (χ4n) is 4.29. The summed E-state index contributed by atoms with van der Waals surface area (Å²) in [6.07, 6.45) is 2.98. The highest BCUT2D eigenvalue weighted by molar-refractivity contribution is 6.31. The highest BCUT2D eigenvalue weighted by atomic mass is 35.5. The van der Waals surface area contributed by atoms with E-state index in [-0.39, 0.29) is 29.7 Å². The molecule has 38 heavy (non-hydrogen) atoms. The summed E-state index contributed by atoms with van der Waals surface area (Å²) in [5.41, 5.74) is 3.30. The maximum absolute atomic E-state index is 13.4. The molecule has 3 aromatic carbocycles. The van der Waals surface area contributed by atoms with Crippen molar-refractivity contribution in [1.82, 2.24) is 5.32 Å². The van der Waals surface area contributed by atoms with Crippen molar-refractivity contribution in [3.8, 4) is 11.5 Å². The lowest BCUT2D eigenvalue weighted by molar-refractivity contribution is -0.118. The second-order valence-corrected chi connectivity index (χ2v) is 8.98. The van der Waals surface area contributed by atoms with E-state index in [1.165, 1.54) is 0 Å². The van der Waals surface area contributed by atoms with Crippen LogP contribution in [0.5, 0.6) is 11.5 Å². The summed E-state index contributed by atoms with van der Waals surface area (Å²) >= 11 is 6.16. The molecule has 4 N–H and O–H groups in total. The number of halogens is 2. The van der Waals surface area contributed by atoms with Crippen LogP contribution in [0.15, 0.2) is 60.7 Å². The lowest BCUT2D eigenvalue weighted by atomic mass is 10.1. The van der Waals surface area contributed by atoms with Gasteiger partial charge in [-0.15, -0.1) is 12.4 Å². The van der Waals surface area contributed by atoms with Crippen molar-refractivity contribution in [3.63, 3.8) is 0 Å². The van der Waals surface area contributed by atoms with Crippen LogP contribution in [0, 0.1) is 0 Å². The third-order valence-corrected chi connectivity index (χ3v) is 6.34. The molecule has 0 bridgehead atoms. The van der Waals surface area contributed by atoms with Gasteiger partial charge in [-0.2, -0.15) is 0 Å². The largest absolute Gasteiger partial charge is 0.493 e. The Hall–Kier alpha value is -3.30. The number of nitrogens with one attached hydrogen (secondary N) is 2. The van der Waals surface area contributed by atoms with E-state index in [0.29, 0.717) is 45.6 Å². The van der Waals surface area contributed by atoms with Crippen molar-refractivity contribution in [2.45, 2.75) is 32.2 Å². The molecule has 10 heteroatoms. The van der Waals surface area contributed by atoms with Gasteiger partial charge in [-0.05, 0) is 67.4 Å². The molecule has 0 fully saturated rings. The van der Waals surface area contributed by atoms with Gasteiger partial charge >= 0.3 is 0 Å². The van der Waals surface area contributed by atoms with Gasteiger partial charge in [0, 0.05) is 18.0 Å². The molecule has 0 radical (unpaired) electrons. The number of nitrogens with zero attached hydrogens (tertiary/aromatic N) is 1. The van der Waals surface area contributed by atoms with Crippen molar-refractivity contribution in [1.29, 1.82) is 0 Å². The molecule has 1 heterocycles. The maximum Gasteiger partial charge on any atom is 0.257 e. The number of methoxy groups -OCH3 is 2. The normalized spacial score (nSPS) is 11.7. The standard InChI is InChI=1S/C28H30ClN3O4.ClH.H2O/c1-35-25-14-11-19(16-26(25)36-2)18-30-15-7-3-4-10-27(33)32-23-9-6-5-8-21(23)28(34)31-22-17-20(29)12-13-24(22)32;;/h5-6,8-9,11-14,16-17,30H,3-4,7,10,15,18H2,1-2H3,(H,31,34);1H;1H2. The quantitative estimate of drug-likeness (QED) is 0.316. The molecule has 0 aliphatic carbocycles. The zero-order chi connectivity index (χ0) is 25.5. The molecule has 0 aromatic heterocycles. The summed E-state index contributed by atoms with van der Waals surface area (Å²) in [6, 6.07) is 18.2. The van der Waals surface area contributed by atoms with Crippen LogP contribution < -0.4 is 25.0 Å². The number of rotatable bonds is 10. The van der Waals surface area contributed by atoms with Crippen molar-refractivity contribution in [2.24, 2.45) is 0 Å². The summed E-state index contributed by atoms with van der Waals surface area (Å²) in [5, 5.41) is 6.81. The number of hydrogen-bond donors (Lipinski definition) is 2. The minimum atomic E-state index is -0.259. The first kappa shape index (κ1) is 30.9. The number of hydrogen-bond acceptors (Lipinski definition) is 5. The monoisotopic (exact) mass is 561 g/mol. The first-order valence-electron chi connectivity index (χ1n) is 12.0. The number of benzene rings is 3. The van der Waals surface area contributed by atoms with Gasteiger partial charge < -0.3 is 25.6 Å². The van der Waals surface area contributed by atoms with Crippen molar-refractivity contribution in [3.05, 3.63) is 76.8 Å². The molecule has 3 aromatic rings. The average molecular weight is 562 g/mol. The summed E-state index contributed by atoms with van der Waals surface area (Å²) < 4.78 is 10.6. The average Bonchev–Trinajstić information content (AvgIpc) is 3.01. The van der Waals surface area contributed by atoms with Crippen LogP contribution in [0.1, 0.15) is 41.6 Å². The first-order chi connectivity index (χ1) is 17.5. The Balaban J connectivity index is 0.00000253. The van der Waals surface area contributed by atoms with Gasteiger partial charge in [-0.3, -0.25) is 14.5 Å². The Morgan fingerprint density at radius 3 is 2.47 bits per heavy atom. The van der Waals surface area contributed by atoms with Gasteiger partial charge in [-0.25, -0.2) is 0 Å². The Kier molecular flexibility index (Phi) is 11.9. The summed E-state index contributed by atoms with van der Waals surface area (Å²) in [4.78, 5) is 27.8. The van der Waals surface area contributed by atoms with Crippen molar-refractivity contribution in [2.75, 3.05) is 31.0 Å². The Morgan fingerprint density at radius 1 is 0.947 bits per heavy atom. The Morgan fingerprint density at radius 2 is 1.71 bits per heavy atom. The third kappa shape index (κ3) is 7.17.